The van der Waals surface area contributed by atoms with Crippen molar-refractivity contribution in [3.63, 3.8) is 0 Å². The van der Waals surface area contributed by atoms with Crippen LogP contribution in [0.4, 0.5) is 5.69 Å². The molecule has 1 aliphatic carbocycles. The van der Waals surface area contributed by atoms with Gasteiger partial charge in [0.1, 0.15) is 0 Å². The SMILES string of the molecule is CN(C)c1cccc(-c2cccc(C(=O)N(Cc3ccccn3)C3CC3)c2)c1. The van der Waals surface area contributed by atoms with Gasteiger partial charge in [-0.2, -0.15) is 0 Å². The average molecular weight is 371 g/mol. The highest BCUT2D eigenvalue weighted by Gasteiger charge is 2.33. The fourth-order valence-corrected chi connectivity index (χ4v) is 3.38. The Balaban J connectivity index is 1.61. The Morgan fingerprint density at radius 2 is 1.71 bits per heavy atom. The largest absolute Gasteiger partial charge is 0.378 e. The number of aromatic nitrogens is 1. The number of rotatable bonds is 6. The van der Waals surface area contributed by atoms with Gasteiger partial charge in [0.25, 0.3) is 5.91 Å². The van der Waals surface area contributed by atoms with Crippen molar-refractivity contribution in [2.45, 2.75) is 25.4 Å². The first-order valence-corrected chi connectivity index (χ1v) is 9.70. The first-order valence-electron chi connectivity index (χ1n) is 9.70. The van der Waals surface area contributed by atoms with Gasteiger partial charge in [-0.05, 0) is 60.4 Å². The molecule has 0 atom stereocenters. The van der Waals surface area contributed by atoms with Crippen LogP contribution >= 0.6 is 0 Å². The van der Waals surface area contributed by atoms with Crippen LogP contribution in [0.3, 0.4) is 0 Å². The third-order valence-corrected chi connectivity index (χ3v) is 5.11. The number of hydrogen-bond acceptors (Lipinski definition) is 3. The van der Waals surface area contributed by atoms with Crippen molar-refractivity contribution in [3.8, 4) is 11.1 Å². The summed E-state index contributed by atoms with van der Waals surface area (Å²) in [6.45, 7) is 0.560. The summed E-state index contributed by atoms with van der Waals surface area (Å²) < 4.78 is 0. The van der Waals surface area contributed by atoms with Crippen LogP contribution in [0.1, 0.15) is 28.9 Å². The zero-order valence-electron chi connectivity index (χ0n) is 16.4. The summed E-state index contributed by atoms with van der Waals surface area (Å²) in [5.74, 6) is 0.0822. The Labute approximate surface area is 166 Å². The molecule has 1 saturated carbocycles. The van der Waals surface area contributed by atoms with Crippen LogP contribution in [0.5, 0.6) is 0 Å². The maximum absolute atomic E-state index is 13.3. The van der Waals surface area contributed by atoms with Gasteiger partial charge < -0.3 is 9.80 Å². The van der Waals surface area contributed by atoms with E-state index in [2.05, 4.69) is 40.2 Å². The Bertz CT molecular complexity index is 964. The molecular formula is C24H25N3O. The highest BCUT2D eigenvalue weighted by molar-refractivity contribution is 5.96. The fourth-order valence-electron chi connectivity index (χ4n) is 3.38. The predicted octanol–water partition coefficient (Wildman–Crippen LogP) is 4.62. The first kappa shape index (κ1) is 18.2. The molecule has 4 nitrogen and oxygen atoms in total. The van der Waals surface area contributed by atoms with E-state index in [4.69, 9.17) is 0 Å². The molecule has 0 unspecified atom stereocenters. The van der Waals surface area contributed by atoms with Gasteiger partial charge >= 0.3 is 0 Å². The van der Waals surface area contributed by atoms with E-state index in [0.717, 1.165) is 40.9 Å². The molecule has 3 aromatic rings. The van der Waals surface area contributed by atoms with E-state index in [1.165, 1.54) is 0 Å². The van der Waals surface area contributed by atoms with E-state index in [-0.39, 0.29) is 5.91 Å². The van der Waals surface area contributed by atoms with Gasteiger partial charge in [0, 0.05) is 37.6 Å². The second-order valence-corrected chi connectivity index (χ2v) is 7.51. The molecule has 2 aromatic carbocycles. The van der Waals surface area contributed by atoms with Crippen LogP contribution in [-0.4, -0.2) is 35.9 Å². The zero-order valence-corrected chi connectivity index (χ0v) is 16.4. The predicted molar refractivity (Wildman–Crippen MR) is 113 cm³/mol. The van der Waals surface area contributed by atoms with Crippen molar-refractivity contribution in [2.75, 3.05) is 19.0 Å². The van der Waals surface area contributed by atoms with Gasteiger partial charge in [0.2, 0.25) is 0 Å². The van der Waals surface area contributed by atoms with Crippen molar-refractivity contribution in [1.82, 2.24) is 9.88 Å². The lowest BCUT2D eigenvalue weighted by Crippen LogP contribution is -2.32. The van der Waals surface area contributed by atoms with Gasteiger partial charge in [-0.15, -0.1) is 0 Å². The van der Waals surface area contributed by atoms with E-state index in [0.29, 0.717) is 12.6 Å². The smallest absolute Gasteiger partial charge is 0.254 e. The number of amides is 1. The van der Waals surface area contributed by atoms with E-state index < -0.39 is 0 Å². The van der Waals surface area contributed by atoms with E-state index >= 15 is 0 Å². The second kappa shape index (κ2) is 7.85. The third-order valence-electron chi connectivity index (χ3n) is 5.11. The molecule has 1 aromatic heterocycles. The molecule has 4 rings (SSSR count). The quantitative estimate of drug-likeness (QED) is 0.634. The van der Waals surface area contributed by atoms with Crippen LogP contribution in [0.25, 0.3) is 11.1 Å². The van der Waals surface area contributed by atoms with E-state index in [1.807, 2.05) is 55.4 Å². The second-order valence-electron chi connectivity index (χ2n) is 7.51. The minimum absolute atomic E-state index is 0.0822. The van der Waals surface area contributed by atoms with Crippen molar-refractivity contribution in [2.24, 2.45) is 0 Å². The number of carbonyl (C=O) groups excluding carboxylic acids is 1. The van der Waals surface area contributed by atoms with E-state index in [9.17, 15) is 4.79 Å². The summed E-state index contributed by atoms with van der Waals surface area (Å²) in [6.07, 6.45) is 3.93. The summed E-state index contributed by atoms with van der Waals surface area (Å²) in [6, 6.07) is 22.5. The standard InChI is InChI=1S/C24H25N3O/c1-26(2)23-11-6-8-19(16-23)18-7-5-9-20(15-18)24(28)27(22-12-13-22)17-21-10-3-4-14-25-21/h3-11,14-16,22H,12-13,17H2,1-2H3. The molecule has 0 saturated heterocycles. The van der Waals surface area contributed by atoms with Crippen LogP contribution in [0.2, 0.25) is 0 Å². The molecule has 0 radical (unpaired) electrons. The van der Waals surface area contributed by atoms with Gasteiger partial charge in [0.15, 0.2) is 0 Å². The highest BCUT2D eigenvalue weighted by atomic mass is 16.2. The van der Waals surface area contributed by atoms with Crippen LogP contribution < -0.4 is 4.90 Å². The summed E-state index contributed by atoms with van der Waals surface area (Å²) in [7, 11) is 4.06. The number of nitrogens with zero attached hydrogens (tertiary/aromatic N) is 3. The maximum Gasteiger partial charge on any atom is 0.254 e. The average Bonchev–Trinajstić information content (AvgIpc) is 3.58. The maximum atomic E-state index is 13.3. The van der Waals surface area contributed by atoms with Crippen molar-refractivity contribution < 1.29 is 4.79 Å². The van der Waals surface area contributed by atoms with Crippen LogP contribution in [0.15, 0.2) is 72.9 Å². The van der Waals surface area contributed by atoms with Gasteiger partial charge in [-0.1, -0.05) is 30.3 Å². The Morgan fingerprint density at radius 1 is 0.964 bits per heavy atom. The molecule has 0 N–H and O–H groups in total. The minimum Gasteiger partial charge on any atom is -0.378 e. The molecule has 1 aliphatic rings. The molecular weight excluding hydrogens is 346 g/mol. The molecule has 0 aliphatic heterocycles. The molecule has 0 spiro atoms. The van der Waals surface area contributed by atoms with Crippen LogP contribution in [-0.2, 0) is 6.54 Å². The molecule has 1 amide bonds. The highest BCUT2D eigenvalue weighted by Crippen LogP contribution is 2.31. The number of pyridine rings is 1. The number of benzene rings is 2. The normalized spacial score (nSPS) is 13.2. The first-order chi connectivity index (χ1) is 13.6. The Morgan fingerprint density at radius 3 is 2.39 bits per heavy atom. The summed E-state index contributed by atoms with van der Waals surface area (Å²) in [5, 5.41) is 0. The summed E-state index contributed by atoms with van der Waals surface area (Å²) in [4.78, 5) is 21.7. The molecule has 1 fully saturated rings. The van der Waals surface area contributed by atoms with Crippen molar-refractivity contribution >= 4 is 11.6 Å². The van der Waals surface area contributed by atoms with Gasteiger partial charge in [-0.25, -0.2) is 0 Å². The van der Waals surface area contributed by atoms with Gasteiger partial charge in [-0.3, -0.25) is 9.78 Å². The molecule has 4 heteroatoms. The molecule has 1 heterocycles. The molecule has 142 valence electrons. The topological polar surface area (TPSA) is 36.4 Å². The molecule has 28 heavy (non-hydrogen) atoms. The monoisotopic (exact) mass is 371 g/mol. The third kappa shape index (κ3) is 4.06. The minimum atomic E-state index is 0.0822. The lowest BCUT2D eigenvalue weighted by Gasteiger charge is -2.22. The lowest BCUT2D eigenvalue weighted by molar-refractivity contribution is 0.0728. The Hall–Kier alpha value is -3.14. The van der Waals surface area contributed by atoms with Gasteiger partial charge in [0.05, 0.1) is 12.2 Å². The summed E-state index contributed by atoms with van der Waals surface area (Å²) >= 11 is 0. The summed E-state index contributed by atoms with van der Waals surface area (Å²) in [5.41, 5.74) is 4.98. The van der Waals surface area contributed by atoms with Crippen molar-refractivity contribution in [3.05, 3.63) is 84.2 Å². The number of anilines is 1. The Kier molecular flexibility index (Phi) is 5.11. The molecule has 0 bridgehead atoms. The van der Waals surface area contributed by atoms with Crippen LogP contribution in [0, 0.1) is 0 Å². The number of carbonyl (C=O) groups is 1. The lowest BCUT2D eigenvalue weighted by atomic mass is 10.0. The number of hydrogen-bond donors (Lipinski definition) is 0. The van der Waals surface area contributed by atoms with Crippen molar-refractivity contribution in [1.29, 1.82) is 0 Å². The fraction of sp³-hybridized carbons (Fsp3) is 0.250. The van der Waals surface area contributed by atoms with E-state index in [1.54, 1.807) is 6.20 Å². The zero-order chi connectivity index (χ0) is 19.5.